The first kappa shape index (κ1) is 16.6. The number of unbranched alkanes of at least 4 members (excludes halogenated alkanes) is 5. The van der Waals surface area contributed by atoms with Crippen molar-refractivity contribution < 1.29 is 4.39 Å². The van der Waals surface area contributed by atoms with Crippen LogP contribution in [0.1, 0.15) is 57.4 Å². The summed E-state index contributed by atoms with van der Waals surface area (Å²) in [4.78, 5) is 0. The molecule has 3 heteroatoms. The molecule has 0 amide bonds. The Morgan fingerprint density at radius 2 is 1.84 bits per heavy atom. The van der Waals surface area contributed by atoms with E-state index in [9.17, 15) is 4.39 Å². The Morgan fingerprint density at radius 3 is 2.53 bits per heavy atom. The van der Waals surface area contributed by atoms with E-state index >= 15 is 0 Å². The minimum atomic E-state index is -0.159. The fraction of sp³-hybridized carbons (Fsp3) is 0.625. The molecule has 0 bridgehead atoms. The number of nitrogens with two attached hydrogens (primary N) is 1. The van der Waals surface area contributed by atoms with Crippen LogP contribution in [0.4, 0.5) is 4.39 Å². The van der Waals surface area contributed by atoms with Crippen molar-refractivity contribution in [3.8, 4) is 0 Å². The molecule has 1 nitrogen and oxygen atoms in total. The van der Waals surface area contributed by atoms with Gasteiger partial charge in [-0.3, -0.25) is 0 Å². The van der Waals surface area contributed by atoms with E-state index in [2.05, 4.69) is 22.9 Å². The second-order valence-corrected chi connectivity index (χ2v) is 6.17. The molecule has 1 aromatic carbocycles. The molecule has 0 fully saturated rings. The molecule has 0 aliphatic heterocycles. The van der Waals surface area contributed by atoms with Gasteiger partial charge in [-0.25, -0.2) is 4.39 Å². The van der Waals surface area contributed by atoms with E-state index in [0.717, 1.165) is 22.9 Å². The normalized spacial score (nSPS) is 12.6. The van der Waals surface area contributed by atoms with Gasteiger partial charge in [-0.15, -0.1) is 0 Å². The smallest absolute Gasteiger partial charge is 0.127 e. The Hall–Kier alpha value is -0.410. The van der Waals surface area contributed by atoms with Crippen LogP contribution in [0.25, 0.3) is 0 Å². The van der Waals surface area contributed by atoms with Crippen LogP contribution in [-0.2, 0) is 6.42 Å². The fourth-order valence-corrected chi connectivity index (χ4v) is 2.59. The Kier molecular flexibility index (Phi) is 8.31. The summed E-state index contributed by atoms with van der Waals surface area (Å²) in [7, 11) is 0. The molecule has 0 radical (unpaired) electrons. The van der Waals surface area contributed by atoms with Crippen molar-refractivity contribution in [1.29, 1.82) is 0 Å². The average molecular weight is 330 g/mol. The van der Waals surface area contributed by atoms with Gasteiger partial charge in [0.15, 0.2) is 0 Å². The molecular weight excluding hydrogens is 305 g/mol. The molecule has 108 valence electrons. The van der Waals surface area contributed by atoms with Crippen LogP contribution in [0.5, 0.6) is 0 Å². The summed E-state index contributed by atoms with van der Waals surface area (Å²) in [6, 6.07) is 5.27. The Labute approximate surface area is 124 Å². The van der Waals surface area contributed by atoms with Crippen LogP contribution >= 0.6 is 15.9 Å². The lowest BCUT2D eigenvalue weighted by atomic mass is 10.00. The van der Waals surface area contributed by atoms with Crippen molar-refractivity contribution in [3.05, 3.63) is 34.1 Å². The van der Waals surface area contributed by atoms with E-state index in [4.69, 9.17) is 5.73 Å². The number of hydrogen-bond acceptors (Lipinski definition) is 1. The van der Waals surface area contributed by atoms with Crippen LogP contribution in [-0.4, -0.2) is 6.04 Å². The lowest BCUT2D eigenvalue weighted by Crippen LogP contribution is -2.23. The highest BCUT2D eigenvalue weighted by atomic mass is 79.9. The molecular formula is C16H25BrFN. The van der Waals surface area contributed by atoms with Crippen LogP contribution in [0.2, 0.25) is 0 Å². The molecule has 1 atom stereocenters. The summed E-state index contributed by atoms with van der Waals surface area (Å²) in [5.41, 5.74) is 6.80. The second kappa shape index (κ2) is 9.49. The van der Waals surface area contributed by atoms with Gasteiger partial charge in [0.05, 0.1) is 0 Å². The highest BCUT2D eigenvalue weighted by Crippen LogP contribution is 2.17. The maximum atomic E-state index is 13.7. The van der Waals surface area contributed by atoms with Crippen molar-refractivity contribution in [3.63, 3.8) is 0 Å². The number of hydrogen-bond donors (Lipinski definition) is 1. The van der Waals surface area contributed by atoms with Gasteiger partial charge in [0.1, 0.15) is 5.82 Å². The first-order valence-corrected chi connectivity index (χ1v) is 8.12. The van der Waals surface area contributed by atoms with E-state index in [1.807, 2.05) is 12.1 Å². The minimum absolute atomic E-state index is 0.0712. The molecule has 0 aliphatic carbocycles. The third kappa shape index (κ3) is 7.07. The van der Waals surface area contributed by atoms with Gasteiger partial charge >= 0.3 is 0 Å². The van der Waals surface area contributed by atoms with Crippen molar-refractivity contribution >= 4 is 15.9 Å². The third-order valence-corrected chi connectivity index (χ3v) is 3.92. The first-order chi connectivity index (χ1) is 9.13. The molecule has 1 rings (SSSR count). The number of rotatable bonds is 9. The summed E-state index contributed by atoms with van der Waals surface area (Å²) in [5.74, 6) is -0.159. The predicted molar refractivity (Wildman–Crippen MR) is 83.8 cm³/mol. The standard InChI is InChI=1S/C16H25BrFN/c1-2-3-4-5-6-7-8-15(19)11-13-9-10-14(17)12-16(13)18/h9-10,12,15H,2-8,11,19H2,1H3. The van der Waals surface area contributed by atoms with E-state index < -0.39 is 0 Å². The molecule has 2 N–H and O–H groups in total. The fourth-order valence-electron chi connectivity index (χ4n) is 2.26. The largest absolute Gasteiger partial charge is 0.327 e. The van der Waals surface area contributed by atoms with E-state index in [1.54, 1.807) is 0 Å². The third-order valence-electron chi connectivity index (χ3n) is 3.43. The quantitative estimate of drug-likeness (QED) is 0.618. The molecule has 19 heavy (non-hydrogen) atoms. The van der Waals surface area contributed by atoms with Crippen molar-refractivity contribution in [2.24, 2.45) is 5.73 Å². The SMILES string of the molecule is CCCCCCCCC(N)Cc1ccc(Br)cc1F. The summed E-state index contributed by atoms with van der Waals surface area (Å²) in [6.45, 7) is 2.22. The van der Waals surface area contributed by atoms with Crippen molar-refractivity contribution in [2.45, 2.75) is 64.3 Å². The molecule has 0 saturated heterocycles. The van der Waals surface area contributed by atoms with Gasteiger partial charge in [-0.1, -0.05) is 67.4 Å². The van der Waals surface area contributed by atoms with Crippen LogP contribution in [0.3, 0.4) is 0 Å². The summed E-state index contributed by atoms with van der Waals surface area (Å²) in [5, 5.41) is 0. The van der Waals surface area contributed by atoms with Gasteiger partial charge in [-0.2, -0.15) is 0 Å². The summed E-state index contributed by atoms with van der Waals surface area (Å²) < 4.78 is 14.4. The van der Waals surface area contributed by atoms with E-state index in [-0.39, 0.29) is 11.9 Å². The van der Waals surface area contributed by atoms with Gasteiger partial charge in [0.25, 0.3) is 0 Å². The highest BCUT2D eigenvalue weighted by molar-refractivity contribution is 9.10. The number of benzene rings is 1. The summed E-state index contributed by atoms with van der Waals surface area (Å²) >= 11 is 3.26. The van der Waals surface area contributed by atoms with Crippen LogP contribution < -0.4 is 5.73 Å². The molecule has 1 aromatic rings. The molecule has 0 spiro atoms. The summed E-state index contributed by atoms with van der Waals surface area (Å²) in [6.07, 6.45) is 9.26. The van der Waals surface area contributed by atoms with Crippen molar-refractivity contribution in [2.75, 3.05) is 0 Å². The maximum absolute atomic E-state index is 13.7. The zero-order valence-corrected chi connectivity index (χ0v) is 13.4. The topological polar surface area (TPSA) is 26.0 Å². The van der Waals surface area contributed by atoms with Crippen LogP contribution in [0, 0.1) is 5.82 Å². The number of halogens is 2. The van der Waals surface area contributed by atoms with Gasteiger partial charge < -0.3 is 5.73 Å². The Bertz CT molecular complexity index is 368. The van der Waals surface area contributed by atoms with Gasteiger partial charge in [0, 0.05) is 10.5 Å². The van der Waals surface area contributed by atoms with Crippen molar-refractivity contribution in [1.82, 2.24) is 0 Å². The molecule has 0 aromatic heterocycles. The highest BCUT2D eigenvalue weighted by Gasteiger charge is 2.08. The molecule has 1 unspecified atom stereocenters. The monoisotopic (exact) mass is 329 g/mol. The molecule has 0 aliphatic rings. The lowest BCUT2D eigenvalue weighted by molar-refractivity contribution is 0.521. The average Bonchev–Trinajstić information content (AvgIpc) is 2.37. The molecule has 0 saturated carbocycles. The van der Waals surface area contributed by atoms with E-state index in [1.165, 1.54) is 38.2 Å². The zero-order chi connectivity index (χ0) is 14.1. The molecule has 0 heterocycles. The van der Waals surface area contributed by atoms with E-state index in [0.29, 0.717) is 6.42 Å². The maximum Gasteiger partial charge on any atom is 0.127 e. The van der Waals surface area contributed by atoms with Gasteiger partial charge in [0.2, 0.25) is 0 Å². The zero-order valence-electron chi connectivity index (χ0n) is 11.8. The minimum Gasteiger partial charge on any atom is -0.327 e. The second-order valence-electron chi connectivity index (χ2n) is 5.26. The Balaban J connectivity index is 2.21. The van der Waals surface area contributed by atoms with Gasteiger partial charge in [-0.05, 0) is 30.5 Å². The lowest BCUT2D eigenvalue weighted by Gasteiger charge is -2.12. The predicted octanol–water partition coefficient (Wildman–Crippen LogP) is 5.21. The first-order valence-electron chi connectivity index (χ1n) is 7.33. The van der Waals surface area contributed by atoms with Crippen LogP contribution in [0.15, 0.2) is 22.7 Å². The Morgan fingerprint density at radius 1 is 1.16 bits per heavy atom.